The van der Waals surface area contributed by atoms with Gasteiger partial charge in [0.05, 0.1) is 11.8 Å². The summed E-state index contributed by atoms with van der Waals surface area (Å²) in [5.41, 5.74) is 0. The molecule has 1 aliphatic carbocycles. The van der Waals surface area contributed by atoms with Gasteiger partial charge in [-0.2, -0.15) is 11.8 Å². The van der Waals surface area contributed by atoms with E-state index in [4.69, 9.17) is 5.11 Å². The van der Waals surface area contributed by atoms with Crippen LogP contribution in [0.2, 0.25) is 0 Å². The molecule has 0 aromatic carbocycles. The molecule has 2 aliphatic rings. The SMILES string of the molecule is CC1C[C@H](C(=O)NCC2CCCS2)[C@H](C(=O)O)C1. The number of carbonyl (C=O) groups is 2. The average Bonchev–Trinajstić information content (AvgIpc) is 2.94. The molecule has 2 rings (SSSR count). The van der Waals surface area contributed by atoms with Gasteiger partial charge in [-0.1, -0.05) is 6.92 Å². The number of amides is 1. The number of nitrogens with one attached hydrogen (secondary N) is 1. The molecule has 0 radical (unpaired) electrons. The summed E-state index contributed by atoms with van der Waals surface area (Å²) >= 11 is 1.90. The van der Waals surface area contributed by atoms with E-state index in [1.807, 2.05) is 18.7 Å². The lowest BCUT2D eigenvalue weighted by atomic mass is 9.95. The Hall–Kier alpha value is -0.710. The van der Waals surface area contributed by atoms with E-state index in [2.05, 4.69) is 5.32 Å². The summed E-state index contributed by atoms with van der Waals surface area (Å²) < 4.78 is 0. The van der Waals surface area contributed by atoms with Crippen LogP contribution in [-0.2, 0) is 9.59 Å². The van der Waals surface area contributed by atoms with E-state index in [9.17, 15) is 9.59 Å². The summed E-state index contributed by atoms with van der Waals surface area (Å²) in [4.78, 5) is 23.2. The zero-order valence-electron chi connectivity index (χ0n) is 10.7. The summed E-state index contributed by atoms with van der Waals surface area (Å²) in [6.07, 6.45) is 3.73. The predicted octanol–water partition coefficient (Wildman–Crippen LogP) is 1.75. The predicted molar refractivity (Wildman–Crippen MR) is 71.5 cm³/mol. The largest absolute Gasteiger partial charge is 0.481 e. The van der Waals surface area contributed by atoms with Crippen molar-refractivity contribution in [2.75, 3.05) is 12.3 Å². The number of thioether (sulfide) groups is 1. The molecule has 0 aromatic rings. The van der Waals surface area contributed by atoms with Crippen molar-refractivity contribution >= 4 is 23.6 Å². The lowest BCUT2D eigenvalue weighted by molar-refractivity contribution is -0.146. The molecule has 1 saturated heterocycles. The summed E-state index contributed by atoms with van der Waals surface area (Å²) in [5, 5.41) is 12.6. The van der Waals surface area contributed by atoms with Gasteiger partial charge >= 0.3 is 5.97 Å². The summed E-state index contributed by atoms with van der Waals surface area (Å²) in [5.74, 6) is -0.185. The van der Waals surface area contributed by atoms with Crippen LogP contribution in [0.3, 0.4) is 0 Å². The molecule has 1 aliphatic heterocycles. The van der Waals surface area contributed by atoms with E-state index < -0.39 is 11.9 Å². The van der Waals surface area contributed by atoms with Crippen LogP contribution in [0.15, 0.2) is 0 Å². The summed E-state index contributed by atoms with van der Waals surface area (Å²) in [7, 11) is 0. The van der Waals surface area contributed by atoms with Gasteiger partial charge in [0.25, 0.3) is 0 Å². The highest BCUT2D eigenvalue weighted by molar-refractivity contribution is 8.00. The minimum absolute atomic E-state index is 0.0562. The number of hydrogen-bond donors (Lipinski definition) is 2. The maximum absolute atomic E-state index is 12.1. The molecule has 18 heavy (non-hydrogen) atoms. The second kappa shape index (κ2) is 5.95. The maximum Gasteiger partial charge on any atom is 0.307 e. The van der Waals surface area contributed by atoms with Crippen LogP contribution < -0.4 is 5.32 Å². The monoisotopic (exact) mass is 271 g/mol. The fourth-order valence-corrected chi connectivity index (χ4v) is 4.21. The Morgan fingerprint density at radius 1 is 1.33 bits per heavy atom. The normalized spacial score (nSPS) is 35.6. The van der Waals surface area contributed by atoms with Crippen molar-refractivity contribution in [3.8, 4) is 0 Å². The third kappa shape index (κ3) is 3.19. The minimum Gasteiger partial charge on any atom is -0.481 e. The molecule has 2 fully saturated rings. The fourth-order valence-electron chi connectivity index (χ4n) is 3.01. The number of carbonyl (C=O) groups excluding carboxylic acids is 1. The van der Waals surface area contributed by atoms with Gasteiger partial charge in [-0.3, -0.25) is 9.59 Å². The van der Waals surface area contributed by atoms with E-state index in [1.165, 1.54) is 12.2 Å². The Bertz CT molecular complexity index is 328. The molecule has 5 heteroatoms. The lowest BCUT2D eigenvalue weighted by Gasteiger charge is -2.17. The molecule has 1 heterocycles. The second-order valence-corrected chi connectivity index (χ2v) is 6.92. The summed E-state index contributed by atoms with van der Waals surface area (Å²) in [6.45, 7) is 2.72. The average molecular weight is 271 g/mol. The van der Waals surface area contributed by atoms with Gasteiger partial charge in [-0.15, -0.1) is 0 Å². The number of rotatable bonds is 4. The Morgan fingerprint density at radius 3 is 2.67 bits per heavy atom. The number of aliphatic carboxylic acids is 1. The van der Waals surface area contributed by atoms with Gasteiger partial charge in [0.2, 0.25) is 5.91 Å². The van der Waals surface area contributed by atoms with Gasteiger partial charge in [0.1, 0.15) is 0 Å². The minimum atomic E-state index is -0.824. The zero-order valence-corrected chi connectivity index (χ0v) is 11.5. The first-order chi connectivity index (χ1) is 8.58. The molecule has 1 amide bonds. The van der Waals surface area contributed by atoms with Gasteiger partial charge < -0.3 is 10.4 Å². The Balaban J connectivity index is 1.85. The second-order valence-electron chi connectivity index (χ2n) is 5.51. The van der Waals surface area contributed by atoms with Crippen molar-refractivity contribution in [3.05, 3.63) is 0 Å². The Labute approximate surface area is 112 Å². The van der Waals surface area contributed by atoms with Crippen LogP contribution in [0.5, 0.6) is 0 Å². The van der Waals surface area contributed by atoms with Crippen molar-refractivity contribution in [1.29, 1.82) is 0 Å². The highest BCUT2D eigenvalue weighted by atomic mass is 32.2. The van der Waals surface area contributed by atoms with Crippen molar-refractivity contribution in [3.63, 3.8) is 0 Å². The van der Waals surface area contributed by atoms with Crippen LogP contribution >= 0.6 is 11.8 Å². The van der Waals surface area contributed by atoms with Crippen LogP contribution in [0.4, 0.5) is 0 Å². The molecule has 1 saturated carbocycles. The smallest absolute Gasteiger partial charge is 0.307 e. The molecule has 2 unspecified atom stereocenters. The Morgan fingerprint density at radius 2 is 2.06 bits per heavy atom. The standard InChI is InChI=1S/C13H21NO3S/c1-8-5-10(11(6-8)13(16)17)12(15)14-7-9-3-2-4-18-9/h8-11H,2-7H2,1H3,(H,14,15)(H,16,17)/t8?,9?,10-,11+/m0/s1. The summed E-state index contributed by atoms with van der Waals surface area (Å²) in [6, 6.07) is 0. The first kappa shape index (κ1) is 13.7. The van der Waals surface area contributed by atoms with E-state index >= 15 is 0 Å². The third-order valence-electron chi connectivity index (χ3n) is 3.98. The fraction of sp³-hybridized carbons (Fsp3) is 0.846. The van der Waals surface area contributed by atoms with E-state index in [-0.39, 0.29) is 11.8 Å². The van der Waals surface area contributed by atoms with Crippen molar-refractivity contribution < 1.29 is 14.7 Å². The highest BCUT2D eigenvalue weighted by Crippen LogP contribution is 2.36. The third-order valence-corrected chi connectivity index (χ3v) is 5.38. The lowest BCUT2D eigenvalue weighted by Crippen LogP contribution is -2.38. The first-order valence-corrected chi connectivity index (χ1v) is 7.75. The maximum atomic E-state index is 12.1. The molecule has 102 valence electrons. The van der Waals surface area contributed by atoms with Gasteiger partial charge in [-0.25, -0.2) is 0 Å². The Kier molecular flexibility index (Phi) is 4.54. The molecular weight excluding hydrogens is 250 g/mol. The first-order valence-electron chi connectivity index (χ1n) is 6.70. The van der Waals surface area contributed by atoms with Gasteiger partial charge in [-0.05, 0) is 37.4 Å². The number of carboxylic acids is 1. The van der Waals surface area contributed by atoms with Crippen LogP contribution in [-0.4, -0.2) is 34.5 Å². The van der Waals surface area contributed by atoms with Gasteiger partial charge in [0, 0.05) is 11.8 Å². The van der Waals surface area contributed by atoms with E-state index in [1.54, 1.807) is 0 Å². The highest BCUT2D eigenvalue weighted by Gasteiger charge is 2.41. The molecule has 4 atom stereocenters. The van der Waals surface area contributed by atoms with Crippen LogP contribution in [0.1, 0.15) is 32.6 Å². The van der Waals surface area contributed by atoms with Crippen molar-refractivity contribution in [2.45, 2.75) is 37.9 Å². The molecule has 4 nitrogen and oxygen atoms in total. The van der Waals surface area contributed by atoms with Crippen molar-refractivity contribution in [1.82, 2.24) is 5.32 Å². The van der Waals surface area contributed by atoms with E-state index in [0.29, 0.717) is 30.6 Å². The quantitative estimate of drug-likeness (QED) is 0.817. The van der Waals surface area contributed by atoms with Crippen LogP contribution in [0, 0.1) is 17.8 Å². The van der Waals surface area contributed by atoms with Crippen LogP contribution in [0.25, 0.3) is 0 Å². The van der Waals surface area contributed by atoms with E-state index in [0.717, 1.165) is 6.42 Å². The zero-order chi connectivity index (χ0) is 13.1. The van der Waals surface area contributed by atoms with Gasteiger partial charge in [0.15, 0.2) is 0 Å². The molecule has 2 N–H and O–H groups in total. The number of hydrogen-bond acceptors (Lipinski definition) is 3. The van der Waals surface area contributed by atoms with Crippen molar-refractivity contribution in [2.24, 2.45) is 17.8 Å². The molecule has 0 spiro atoms. The topological polar surface area (TPSA) is 66.4 Å². The number of carboxylic acid groups (broad SMARTS) is 1. The molecular formula is C13H21NO3S. The molecule has 0 bridgehead atoms. The molecule has 0 aromatic heterocycles.